The first kappa shape index (κ1) is 15.4. The molecule has 6 heteroatoms. The predicted octanol–water partition coefficient (Wildman–Crippen LogP) is 3.40. The smallest absolute Gasteiger partial charge is 0.255 e. The van der Waals surface area contributed by atoms with Gasteiger partial charge in [-0.25, -0.2) is 13.2 Å². The summed E-state index contributed by atoms with van der Waals surface area (Å²) in [6, 6.07) is 3.47. The minimum Gasteiger partial charge on any atom is -0.323 e. The maximum Gasteiger partial charge on any atom is 0.255 e. The fourth-order valence-electron chi connectivity index (χ4n) is 2.73. The van der Waals surface area contributed by atoms with E-state index in [-0.39, 0.29) is 5.56 Å². The Labute approximate surface area is 121 Å². The molecule has 21 heavy (non-hydrogen) atoms. The monoisotopic (exact) mass is 296 g/mol. The first-order chi connectivity index (χ1) is 9.91. The third-order valence-corrected chi connectivity index (χ3v) is 4.07. The number of nitrogens with zero attached hydrogens (tertiary/aromatic N) is 2. The van der Waals surface area contributed by atoms with E-state index >= 15 is 0 Å². The van der Waals surface area contributed by atoms with E-state index in [1.54, 1.807) is 0 Å². The summed E-state index contributed by atoms with van der Waals surface area (Å²) in [6.45, 7) is 0. The van der Waals surface area contributed by atoms with E-state index in [1.165, 1.54) is 11.9 Å². The molecule has 0 radical (unpaired) electrons. The van der Waals surface area contributed by atoms with Crippen molar-refractivity contribution < 1.29 is 18.0 Å². The molecular formula is C15H15F3N2O. The molecule has 1 aliphatic carbocycles. The summed E-state index contributed by atoms with van der Waals surface area (Å²) in [5.74, 6) is -5.12. The maximum atomic E-state index is 13.2. The number of hydrogen-bond acceptors (Lipinski definition) is 2. The highest BCUT2D eigenvalue weighted by Gasteiger charge is 2.39. The molecule has 3 nitrogen and oxygen atoms in total. The van der Waals surface area contributed by atoms with Crippen LogP contribution >= 0.6 is 0 Å². The molecule has 1 aliphatic rings. The minimum absolute atomic E-state index is 0.297. The average molecular weight is 296 g/mol. The lowest BCUT2D eigenvalue weighted by molar-refractivity contribution is 0.0588. The van der Waals surface area contributed by atoms with Crippen LogP contribution in [0.25, 0.3) is 0 Å². The normalized spacial score (nSPS) is 17.1. The van der Waals surface area contributed by atoms with Crippen LogP contribution in [0.1, 0.15) is 42.5 Å². The molecule has 0 N–H and O–H groups in total. The third kappa shape index (κ3) is 2.73. The number of carbonyl (C=O) groups excluding carboxylic acids is 1. The molecule has 0 atom stereocenters. The Bertz CT molecular complexity index is 580. The second kappa shape index (κ2) is 5.76. The number of hydrogen-bond donors (Lipinski definition) is 0. The Balaban J connectivity index is 2.33. The average Bonchev–Trinajstić information content (AvgIpc) is 2.51. The highest BCUT2D eigenvalue weighted by Crippen LogP contribution is 2.33. The fraction of sp³-hybridized carbons (Fsp3) is 0.467. The summed E-state index contributed by atoms with van der Waals surface area (Å²) >= 11 is 0. The van der Waals surface area contributed by atoms with Crippen molar-refractivity contribution in [3.05, 3.63) is 35.1 Å². The van der Waals surface area contributed by atoms with Crippen molar-refractivity contribution >= 4 is 5.91 Å². The van der Waals surface area contributed by atoms with Gasteiger partial charge in [0.1, 0.15) is 5.54 Å². The van der Waals surface area contributed by atoms with Gasteiger partial charge in [-0.3, -0.25) is 4.79 Å². The number of halogens is 3. The predicted molar refractivity (Wildman–Crippen MR) is 69.8 cm³/mol. The molecule has 0 aliphatic heterocycles. The van der Waals surface area contributed by atoms with Gasteiger partial charge in [-0.15, -0.1) is 0 Å². The molecule has 1 aromatic carbocycles. The Morgan fingerprint density at radius 1 is 1.19 bits per heavy atom. The van der Waals surface area contributed by atoms with Gasteiger partial charge in [0.2, 0.25) is 0 Å². The lowest BCUT2D eigenvalue weighted by Crippen LogP contribution is -2.49. The van der Waals surface area contributed by atoms with Crippen LogP contribution in [0.2, 0.25) is 0 Å². The molecule has 112 valence electrons. The Morgan fingerprint density at radius 2 is 1.71 bits per heavy atom. The molecular weight excluding hydrogens is 281 g/mol. The van der Waals surface area contributed by atoms with E-state index in [0.717, 1.165) is 19.3 Å². The molecule has 0 heterocycles. The van der Waals surface area contributed by atoms with E-state index in [4.69, 9.17) is 0 Å². The van der Waals surface area contributed by atoms with Crippen molar-refractivity contribution in [3.63, 3.8) is 0 Å². The van der Waals surface area contributed by atoms with Gasteiger partial charge in [-0.1, -0.05) is 19.3 Å². The number of nitriles is 1. The number of benzene rings is 1. The topological polar surface area (TPSA) is 44.1 Å². The van der Waals surface area contributed by atoms with Crippen molar-refractivity contribution in [2.24, 2.45) is 0 Å². The Morgan fingerprint density at radius 3 is 2.19 bits per heavy atom. The summed E-state index contributed by atoms with van der Waals surface area (Å²) in [4.78, 5) is 13.6. The zero-order valence-electron chi connectivity index (χ0n) is 11.6. The van der Waals surface area contributed by atoms with E-state index in [0.29, 0.717) is 25.0 Å². The quantitative estimate of drug-likeness (QED) is 0.785. The molecule has 0 spiro atoms. The molecule has 1 amide bonds. The van der Waals surface area contributed by atoms with E-state index < -0.39 is 28.9 Å². The van der Waals surface area contributed by atoms with Crippen molar-refractivity contribution in [1.82, 2.24) is 4.90 Å². The van der Waals surface area contributed by atoms with Crippen molar-refractivity contribution in [1.29, 1.82) is 5.26 Å². The van der Waals surface area contributed by atoms with E-state index in [9.17, 15) is 23.2 Å². The lowest BCUT2D eigenvalue weighted by Gasteiger charge is -2.39. The second-order valence-corrected chi connectivity index (χ2v) is 5.32. The number of carbonyl (C=O) groups is 1. The van der Waals surface area contributed by atoms with Crippen LogP contribution < -0.4 is 0 Å². The maximum absolute atomic E-state index is 13.2. The van der Waals surface area contributed by atoms with E-state index in [1.807, 2.05) is 0 Å². The molecule has 0 saturated heterocycles. The number of rotatable bonds is 2. The van der Waals surface area contributed by atoms with Crippen LogP contribution in [0.4, 0.5) is 13.2 Å². The molecule has 2 rings (SSSR count). The van der Waals surface area contributed by atoms with Crippen LogP contribution in [0, 0.1) is 28.8 Å². The van der Waals surface area contributed by atoms with Gasteiger partial charge in [0, 0.05) is 12.6 Å². The van der Waals surface area contributed by atoms with E-state index in [2.05, 4.69) is 6.07 Å². The summed E-state index contributed by atoms with van der Waals surface area (Å²) in [7, 11) is 1.44. The van der Waals surface area contributed by atoms with Crippen LogP contribution in [0.3, 0.4) is 0 Å². The molecule has 0 unspecified atom stereocenters. The lowest BCUT2D eigenvalue weighted by atomic mass is 9.81. The summed E-state index contributed by atoms with van der Waals surface area (Å²) in [5.41, 5.74) is -1.26. The van der Waals surface area contributed by atoms with Gasteiger partial charge in [-0.05, 0) is 25.0 Å². The van der Waals surface area contributed by atoms with Crippen molar-refractivity contribution in [3.8, 4) is 6.07 Å². The molecule has 1 fully saturated rings. The van der Waals surface area contributed by atoms with Gasteiger partial charge in [0.15, 0.2) is 17.5 Å². The molecule has 0 aromatic heterocycles. The van der Waals surface area contributed by atoms with Crippen LogP contribution in [0.5, 0.6) is 0 Å². The number of amides is 1. The zero-order chi connectivity index (χ0) is 15.6. The van der Waals surface area contributed by atoms with Gasteiger partial charge in [0.25, 0.3) is 5.91 Å². The van der Waals surface area contributed by atoms with Crippen molar-refractivity contribution in [2.75, 3.05) is 7.05 Å². The Kier molecular flexibility index (Phi) is 4.21. The first-order valence-electron chi connectivity index (χ1n) is 6.75. The SMILES string of the molecule is CN(C(=O)c1cc(F)c(F)c(F)c1)C1(C#N)CCCCC1. The van der Waals surface area contributed by atoms with Crippen molar-refractivity contribution in [2.45, 2.75) is 37.6 Å². The molecule has 0 bridgehead atoms. The highest BCUT2D eigenvalue weighted by atomic mass is 19.2. The Hall–Kier alpha value is -2.03. The minimum atomic E-state index is -1.61. The van der Waals surface area contributed by atoms with Crippen LogP contribution in [-0.2, 0) is 0 Å². The first-order valence-corrected chi connectivity index (χ1v) is 6.75. The largest absolute Gasteiger partial charge is 0.323 e. The summed E-state index contributed by atoms with van der Waals surface area (Å²) in [6.07, 6.45) is 3.68. The van der Waals surface area contributed by atoms with Gasteiger partial charge in [0.05, 0.1) is 6.07 Å². The van der Waals surface area contributed by atoms with Crippen LogP contribution in [0.15, 0.2) is 12.1 Å². The third-order valence-electron chi connectivity index (χ3n) is 4.07. The highest BCUT2D eigenvalue weighted by molar-refractivity contribution is 5.94. The summed E-state index contributed by atoms with van der Waals surface area (Å²) < 4.78 is 39.4. The summed E-state index contributed by atoms with van der Waals surface area (Å²) in [5, 5.41) is 9.41. The van der Waals surface area contributed by atoms with Gasteiger partial charge < -0.3 is 4.90 Å². The standard InChI is InChI=1S/C15H15F3N2O/c1-20(15(9-19)5-3-2-4-6-15)14(21)10-7-11(16)13(18)12(17)8-10/h7-8H,2-6H2,1H3. The van der Waals surface area contributed by atoms with Crippen LogP contribution in [-0.4, -0.2) is 23.4 Å². The molecule has 1 saturated carbocycles. The van der Waals surface area contributed by atoms with Gasteiger partial charge in [-0.2, -0.15) is 5.26 Å². The fourth-order valence-corrected chi connectivity index (χ4v) is 2.73. The van der Waals surface area contributed by atoms with Gasteiger partial charge >= 0.3 is 0 Å². The second-order valence-electron chi connectivity index (χ2n) is 5.32. The zero-order valence-corrected chi connectivity index (χ0v) is 11.6. The molecule has 1 aromatic rings.